The summed E-state index contributed by atoms with van der Waals surface area (Å²) in [6.07, 6.45) is 0. The molecule has 1 atom stereocenters. The van der Waals surface area contributed by atoms with Crippen LogP contribution in [0.15, 0.2) is 42.5 Å². The number of carbonyl (C=O) groups excluding carboxylic acids is 1. The Labute approximate surface area is 137 Å². The summed E-state index contributed by atoms with van der Waals surface area (Å²) in [4.78, 5) is 12.1. The third kappa shape index (κ3) is 4.74. The standard InChI is InChI=1S/C19H23NO3/c1-13-8-9-18(14(2)10-13)15(3)20-19(21)12-23-17-7-5-6-16(11-17)22-4/h5-11,15H,12H2,1-4H3,(H,20,21)/t15-/m0/s1. The van der Waals surface area contributed by atoms with Crippen molar-refractivity contribution in [2.24, 2.45) is 0 Å². The summed E-state index contributed by atoms with van der Waals surface area (Å²) in [5, 5.41) is 2.96. The third-order valence-electron chi connectivity index (χ3n) is 3.68. The molecule has 4 nitrogen and oxygen atoms in total. The average Bonchev–Trinajstić information content (AvgIpc) is 2.53. The average molecular weight is 313 g/mol. The molecule has 0 saturated heterocycles. The number of aryl methyl sites for hydroxylation is 2. The van der Waals surface area contributed by atoms with Crippen molar-refractivity contribution < 1.29 is 14.3 Å². The molecule has 122 valence electrons. The van der Waals surface area contributed by atoms with Gasteiger partial charge in [-0.3, -0.25) is 4.79 Å². The largest absolute Gasteiger partial charge is 0.497 e. The maximum absolute atomic E-state index is 12.1. The van der Waals surface area contributed by atoms with Crippen LogP contribution < -0.4 is 14.8 Å². The quantitative estimate of drug-likeness (QED) is 0.887. The molecule has 0 aromatic heterocycles. The molecule has 0 saturated carbocycles. The predicted molar refractivity (Wildman–Crippen MR) is 91.0 cm³/mol. The van der Waals surface area contributed by atoms with Crippen LogP contribution in [0.5, 0.6) is 11.5 Å². The molecule has 2 aromatic carbocycles. The first-order valence-corrected chi connectivity index (χ1v) is 7.63. The zero-order valence-electron chi connectivity index (χ0n) is 14.1. The second kappa shape index (κ2) is 7.68. The number of hydrogen-bond acceptors (Lipinski definition) is 3. The van der Waals surface area contributed by atoms with Crippen molar-refractivity contribution in [2.75, 3.05) is 13.7 Å². The first-order valence-electron chi connectivity index (χ1n) is 7.63. The summed E-state index contributed by atoms with van der Waals surface area (Å²) >= 11 is 0. The fraction of sp³-hybridized carbons (Fsp3) is 0.316. The van der Waals surface area contributed by atoms with E-state index in [0.29, 0.717) is 11.5 Å². The van der Waals surface area contributed by atoms with Gasteiger partial charge in [-0.25, -0.2) is 0 Å². The summed E-state index contributed by atoms with van der Waals surface area (Å²) in [6, 6.07) is 13.4. The first-order chi connectivity index (χ1) is 11.0. The smallest absolute Gasteiger partial charge is 0.258 e. The van der Waals surface area contributed by atoms with E-state index in [2.05, 4.69) is 37.4 Å². The van der Waals surface area contributed by atoms with E-state index in [1.807, 2.05) is 19.1 Å². The number of nitrogens with one attached hydrogen (secondary N) is 1. The zero-order chi connectivity index (χ0) is 16.8. The molecule has 0 aliphatic rings. The molecule has 1 amide bonds. The van der Waals surface area contributed by atoms with E-state index < -0.39 is 0 Å². The van der Waals surface area contributed by atoms with Crippen molar-refractivity contribution in [3.05, 3.63) is 59.2 Å². The van der Waals surface area contributed by atoms with Crippen LogP contribution >= 0.6 is 0 Å². The van der Waals surface area contributed by atoms with E-state index in [0.717, 1.165) is 5.56 Å². The second-order valence-corrected chi connectivity index (χ2v) is 5.62. The Balaban J connectivity index is 1.91. The van der Waals surface area contributed by atoms with Gasteiger partial charge < -0.3 is 14.8 Å². The van der Waals surface area contributed by atoms with E-state index >= 15 is 0 Å². The van der Waals surface area contributed by atoms with E-state index in [-0.39, 0.29) is 18.6 Å². The molecular weight excluding hydrogens is 290 g/mol. The van der Waals surface area contributed by atoms with Gasteiger partial charge in [-0.05, 0) is 44.0 Å². The summed E-state index contributed by atoms with van der Waals surface area (Å²) in [5.74, 6) is 1.16. The first kappa shape index (κ1) is 16.9. The Kier molecular flexibility index (Phi) is 5.63. The molecule has 4 heteroatoms. The van der Waals surface area contributed by atoms with Crippen molar-refractivity contribution in [1.29, 1.82) is 0 Å². The molecule has 0 radical (unpaired) electrons. The number of carbonyl (C=O) groups is 1. The molecule has 0 spiro atoms. The molecule has 0 aliphatic heterocycles. The Morgan fingerprint density at radius 3 is 2.57 bits per heavy atom. The van der Waals surface area contributed by atoms with Gasteiger partial charge in [-0.1, -0.05) is 29.8 Å². The Hall–Kier alpha value is -2.49. The fourth-order valence-electron chi connectivity index (χ4n) is 2.51. The van der Waals surface area contributed by atoms with Gasteiger partial charge in [0.15, 0.2) is 6.61 Å². The molecule has 0 bridgehead atoms. The molecule has 0 fully saturated rings. The predicted octanol–water partition coefficient (Wildman–Crippen LogP) is 3.57. The SMILES string of the molecule is COc1cccc(OCC(=O)N[C@@H](C)c2ccc(C)cc2C)c1. The fourth-order valence-corrected chi connectivity index (χ4v) is 2.51. The van der Waals surface area contributed by atoms with Crippen molar-refractivity contribution >= 4 is 5.91 Å². The number of amides is 1. The summed E-state index contributed by atoms with van der Waals surface area (Å²) in [7, 11) is 1.59. The summed E-state index contributed by atoms with van der Waals surface area (Å²) < 4.78 is 10.6. The van der Waals surface area contributed by atoms with Crippen LogP contribution in [0.1, 0.15) is 29.7 Å². The van der Waals surface area contributed by atoms with Gasteiger partial charge in [-0.2, -0.15) is 0 Å². The molecule has 23 heavy (non-hydrogen) atoms. The normalized spacial score (nSPS) is 11.7. The Morgan fingerprint density at radius 1 is 1.13 bits per heavy atom. The maximum Gasteiger partial charge on any atom is 0.258 e. The molecule has 1 N–H and O–H groups in total. The number of methoxy groups -OCH3 is 1. The summed E-state index contributed by atoms with van der Waals surface area (Å²) in [6.45, 7) is 6.06. The van der Waals surface area contributed by atoms with Gasteiger partial charge in [-0.15, -0.1) is 0 Å². The minimum atomic E-state index is -0.153. The highest BCUT2D eigenvalue weighted by atomic mass is 16.5. The van der Waals surface area contributed by atoms with Crippen molar-refractivity contribution in [2.45, 2.75) is 26.8 Å². The van der Waals surface area contributed by atoms with E-state index in [4.69, 9.17) is 9.47 Å². The number of ether oxygens (including phenoxy) is 2. The van der Waals surface area contributed by atoms with Crippen LogP contribution in [0.4, 0.5) is 0 Å². The molecule has 2 aromatic rings. The lowest BCUT2D eigenvalue weighted by Gasteiger charge is -2.17. The van der Waals surface area contributed by atoms with Crippen LogP contribution in [0, 0.1) is 13.8 Å². The monoisotopic (exact) mass is 313 g/mol. The highest BCUT2D eigenvalue weighted by molar-refractivity contribution is 5.78. The lowest BCUT2D eigenvalue weighted by atomic mass is 10.0. The number of rotatable bonds is 6. The highest BCUT2D eigenvalue weighted by Gasteiger charge is 2.12. The summed E-state index contributed by atoms with van der Waals surface area (Å²) in [5.41, 5.74) is 3.50. The van der Waals surface area contributed by atoms with Crippen LogP contribution in [0.3, 0.4) is 0 Å². The molecule has 2 rings (SSSR count). The molecular formula is C19H23NO3. The highest BCUT2D eigenvalue weighted by Crippen LogP contribution is 2.20. The topological polar surface area (TPSA) is 47.6 Å². The molecule has 0 aliphatic carbocycles. The van der Waals surface area contributed by atoms with Gasteiger partial charge in [0.25, 0.3) is 5.91 Å². The van der Waals surface area contributed by atoms with Crippen molar-refractivity contribution in [3.8, 4) is 11.5 Å². The second-order valence-electron chi connectivity index (χ2n) is 5.62. The minimum absolute atomic E-state index is 0.0254. The van der Waals surface area contributed by atoms with E-state index in [9.17, 15) is 4.79 Å². The lowest BCUT2D eigenvalue weighted by Crippen LogP contribution is -2.31. The Bertz CT molecular complexity index is 682. The van der Waals surface area contributed by atoms with Gasteiger partial charge in [0, 0.05) is 6.07 Å². The van der Waals surface area contributed by atoms with Gasteiger partial charge in [0.05, 0.1) is 13.2 Å². The number of benzene rings is 2. The van der Waals surface area contributed by atoms with Crippen LogP contribution in [0.2, 0.25) is 0 Å². The van der Waals surface area contributed by atoms with E-state index in [1.165, 1.54) is 11.1 Å². The molecule has 0 heterocycles. The molecule has 0 unspecified atom stereocenters. The van der Waals surface area contributed by atoms with Crippen molar-refractivity contribution in [1.82, 2.24) is 5.32 Å². The zero-order valence-corrected chi connectivity index (χ0v) is 14.1. The van der Waals surface area contributed by atoms with Crippen LogP contribution in [-0.4, -0.2) is 19.6 Å². The van der Waals surface area contributed by atoms with Crippen LogP contribution in [-0.2, 0) is 4.79 Å². The van der Waals surface area contributed by atoms with Crippen molar-refractivity contribution in [3.63, 3.8) is 0 Å². The minimum Gasteiger partial charge on any atom is -0.497 e. The lowest BCUT2D eigenvalue weighted by molar-refractivity contribution is -0.123. The van der Waals surface area contributed by atoms with Gasteiger partial charge >= 0.3 is 0 Å². The van der Waals surface area contributed by atoms with Gasteiger partial charge in [0.1, 0.15) is 11.5 Å². The maximum atomic E-state index is 12.1. The van der Waals surface area contributed by atoms with Crippen LogP contribution in [0.25, 0.3) is 0 Å². The van der Waals surface area contributed by atoms with E-state index in [1.54, 1.807) is 19.2 Å². The number of hydrogen-bond donors (Lipinski definition) is 1. The Morgan fingerprint density at radius 2 is 1.87 bits per heavy atom. The van der Waals surface area contributed by atoms with Gasteiger partial charge in [0.2, 0.25) is 0 Å². The third-order valence-corrected chi connectivity index (χ3v) is 3.68.